The molecule has 0 saturated carbocycles. The first-order valence-electron chi connectivity index (χ1n) is 9.30. The van der Waals surface area contributed by atoms with Gasteiger partial charge in [-0.1, -0.05) is 12.1 Å². The molecule has 6 nitrogen and oxygen atoms in total. The average Bonchev–Trinajstić information content (AvgIpc) is 3.40. The number of carbonyl (C=O) groups is 3. The van der Waals surface area contributed by atoms with Crippen molar-refractivity contribution in [2.24, 2.45) is 5.92 Å². The Morgan fingerprint density at radius 3 is 2.37 bits per heavy atom. The molecule has 0 bridgehead atoms. The summed E-state index contributed by atoms with van der Waals surface area (Å²) in [5, 5.41) is 9.17. The zero-order chi connectivity index (χ0) is 21.1. The van der Waals surface area contributed by atoms with Crippen molar-refractivity contribution in [1.82, 2.24) is 0 Å². The van der Waals surface area contributed by atoms with Crippen molar-refractivity contribution in [2.75, 3.05) is 22.1 Å². The molecule has 4 rings (SSSR count). The van der Waals surface area contributed by atoms with Crippen molar-refractivity contribution in [2.45, 2.75) is 6.42 Å². The molecule has 152 valence electrons. The fourth-order valence-electron chi connectivity index (χ4n) is 3.28. The van der Waals surface area contributed by atoms with Crippen LogP contribution in [0.2, 0.25) is 0 Å². The monoisotopic (exact) mass is 423 g/mol. The van der Waals surface area contributed by atoms with E-state index in [0.717, 1.165) is 0 Å². The van der Waals surface area contributed by atoms with Gasteiger partial charge in [0.2, 0.25) is 11.8 Å². The second-order valence-corrected chi connectivity index (χ2v) is 7.66. The summed E-state index contributed by atoms with van der Waals surface area (Å²) in [6, 6.07) is 14.2. The van der Waals surface area contributed by atoms with Crippen molar-refractivity contribution in [3.05, 3.63) is 76.7 Å². The lowest BCUT2D eigenvalue weighted by atomic mass is 10.1. The number of nitrogens with zero attached hydrogens (tertiary/aromatic N) is 1. The van der Waals surface area contributed by atoms with E-state index in [2.05, 4.69) is 10.6 Å². The van der Waals surface area contributed by atoms with Gasteiger partial charge < -0.3 is 15.5 Å². The molecule has 1 saturated heterocycles. The molecule has 2 aromatic carbocycles. The number of hydrogen-bond acceptors (Lipinski definition) is 4. The highest BCUT2D eigenvalue weighted by Gasteiger charge is 2.35. The van der Waals surface area contributed by atoms with Crippen LogP contribution >= 0.6 is 11.3 Å². The number of anilines is 3. The third kappa shape index (κ3) is 4.23. The van der Waals surface area contributed by atoms with E-state index in [1.807, 2.05) is 5.38 Å². The van der Waals surface area contributed by atoms with Gasteiger partial charge in [0.15, 0.2) is 0 Å². The molecule has 0 aliphatic carbocycles. The third-order valence-corrected chi connectivity index (χ3v) is 5.53. The molecule has 1 aliphatic rings. The summed E-state index contributed by atoms with van der Waals surface area (Å²) in [6.45, 7) is 0.208. The van der Waals surface area contributed by atoms with Crippen LogP contribution in [-0.2, 0) is 9.59 Å². The van der Waals surface area contributed by atoms with Gasteiger partial charge in [0, 0.05) is 24.0 Å². The van der Waals surface area contributed by atoms with Crippen LogP contribution in [0, 0.1) is 11.7 Å². The molecule has 1 fully saturated rings. The van der Waals surface area contributed by atoms with Crippen molar-refractivity contribution >= 4 is 46.1 Å². The van der Waals surface area contributed by atoms with Crippen molar-refractivity contribution in [1.29, 1.82) is 0 Å². The van der Waals surface area contributed by atoms with Gasteiger partial charge >= 0.3 is 0 Å². The van der Waals surface area contributed by atoms with Crippen LogP contribution in [0.1, 0.15) is 16.8 Å². The maximum atomic E-state index is 13.1. The van der Waals surface area contributed by atoms with E-state index < -0.39 is 5.92 Å². The van der Waals surface area contributed by atoms with Crippen LogP contribution in [0.25, 0.3) is 0 Å². The van der Waals surface area contributed by atoms with E-state index in [1.165, 1.54) is 40.5 Å². The van der Waals surface area contributed by atoms with E-state index in [-0.39, 0.29) is 36.5 Å². The van der Waals surface area contributed by atoms with Crippen LogP contribution in [0.15, 0.2) is 65.4 Å². The highest BCUT2D eigenvalue weighted by Crippen LogP contribution is 2.28. The van der Waals surface area contributed by atoms with E-state index in [0.29, 0.717) is 22.6 Å². The summed E-state index contributed by atoms with van der Waals surface area (Å²) in [6.07, 6.45) is 0.0621. The Bertz CT molecular complexity index is 1080. The molecule has 30 heavy (non-hydrogen) atoms. The highest BCUT2D eigenvalue weighted by molar-refractivity contribution is 7.08. The zero-order valence-corrected chi connectivity index (χ0v) is 16.6. The van der Waals surface area contributed by atoms with Gasteiger partial charge in [0.1, 0.15) is 5.82 Å². The number of thiophene rings is 1. The minimum atomic E-state index is -0.553. The van der Waals surface area contributed by atoms with Crippen LogP contribution in [-0.4, -0.2) is 24.3 Å². The fourth-order valence-corrected chi connectivity index (χ4v) is 3.91. The van der Waals surface area contributed by atoms with E-state index in [4.69, 9.17) is 0 Å². The molecule has 2 N–H and O–H groups in total. The smallest absolute Gasteiger partial charge is 0.256 e. The molecule has 8 heteroatoms. The largest absolute Gasteiger partial charge is 0.324 e. The minimum absolute atomic E-state index is 0.0621. The van der Waals surface area contributed by atoms with Crippen molar-refractivity contribution < 1.29 is 18.8 Å². The van der Waals surface area contributed by atoms with E-state index in [9.17, 15) is 18.8 Å². The number of rotatable bonds is 5. The summed E-state index contributed by atoms with van der Waals surface area (Å²) < 4.78 is 13.1. The third-order valence-electron chi connectivity index (χ3n) is 4.85. The summed E-state index contributed by atoms with van der Waals surface area (Å²) in [5.41, 5.74) is 2.03. The van der Waals surface area contributed by atoms with Crippen LogP contribution in [0.3, 0.4) is 0 Å². The van der Waals surface area contributed by atoms with E-state index >= 15 is 0 Å². The number of nitrogens with one attached hydrogen (secondary N) is 2. The molecule has 0 unspecified atom stereocenters. The summed E-state index contributed by atoms with van der Waals surface area (Å²) in [7, 11) is 0. The molecule has 3 aromatic rings. The normalized spacial score (nSPS) is 15.8. The Morgan fingerprint density at radius 1 is 1.00 bits per heavy atom. The number of benzene rings is 2. The number of carbonyl (C=O) groups excluding carboxylic acids is 3. The Kier molecular flexibility index (Phi) is 5.58. The lowest BCUT2D eigenvalue weighted by Crippen LogP contribution is -2.28. The van der Waals surface area contributed by atoms with Gasteiger partial charge in [0.25, 0.3) is 5.91 Å². The first-order valence-corrected chi connectivity index (χ1v) is 10.2. The predicted molar refractivity (Wildman–Crippen MR) is 114 cm³/mol. The lowest BCUT2D eigenvalue weighted by molar-refractivity contribution is -0.122. The second-order valence-electron chi connectivity index (χ2n) is 6.88. The van der Waals surface area contributed by atoms with Crippen molar-refractivity contribution in [3.8, 4) is 0 Å². The summed E-state index contributed by atoms with van der Waals surface area (Å²) in [4.78, 5) is 39.0. The maximum Gasteiger partial charge on any atom is 0.256 e. The van der Waals surface area contributed by atoms with Gasteiger partial charge in [-0.15, -0.1) is 0 Å². The molecular formula is C22H18FN3O3S. The number of para-hydroxylation sites is 2. The van der Waals surface area contributed by atoms with Crippen LogP contribution in [0.4, 0.5) is 21.5 Å². The lowest BCUT2D eigenvalue weighted by Gasteiger charge is -2.17. The maximum absolute atomic E-state index is 13.1. The molecule has 2 heterocycles. The first kappa shape index (κ1) is 19.8. The Hall–Kier alpha value is -3.52. The first-order chi connectivity index (χ1) is 14.5. The van der Waals surface area contributed by atoms with E-state index in [1.54, 1.807) is 35.7 Å². The average molecular weight is 423 g/mol. The molecule has 1 aromatic heterocycles. The Labute approximate surface area is 176 Å². The fraction of sp³-hybridized carbons (Fsp3) is 0.136. The van der Waals surface area contributed by atoms with Gasteiger partial charge in [-0.05, 0) is 47.8 Å². The molecular weight excluding hydrogens is 405 g/mol. The van der Waals surface area contributed by atoms with Crippen LogP contribution in [0.5, 0.6) is 0 Å². The van der Waals surface area contributed by atoms with Gasteiger partial charge in [0.05, 0.1) is 22.9 Å². The molecule has 3 amide bonds. The molecule has 1 aliphatic heterocycles. The number of hydrogen-bond donors (Lipinski definition) is 2. The van der Waals surface area contributed by atoms with Crippen LogP contribution < -0.4 is 15.5 Å². The summed E-state index contributed by atoms with van der Waals surface area (Å²) in [5.74, 6) is -1.72. The predicted octanol–water partition coefficient (Wildman–Crippen LogP) is 4.13. The van der Waals surface area contributed by atoms with Gasteiger partial charge in [-0.25, -0.2) is 4.39 Å². The molecule has 1 atom stereocenters. The SMILES string of the molecule is O=C(Nc1ccccc1NC(=O)[C@H]1CC(=O)N(c2ccc(F)cc2)C1)c1ccsc1. The zero-order valence-electron chi connectivity index (χ0n) is 15.8. The standard InChI is InChI=1S/C22H18FN3O3S/c23-16-5-7-17(8-6-16)26-12-15(11-20(26)27)22(29)25-19-4-2-1-3-18(19)24-21(28)14-9-10-30-13-14/h1-10,13,15H,11-12H2,(H,24,28)(H,25,29)/t15-/m0/s1. The topological polar surface area (TPSA) is 78.5 Å². The molecule has 0 spiro atoms. The quantitative estimate of drug-likeness (QED) is 0.648. The minimum Gasteiger partial charge on any atom is -0.324 e. The second kappa shape index (κ2) is 8.46. The number of halogens is 1. The number of amides is 3. The Morgan fingerprint density at radius 2 is 1.70 bits per heavy atom. The van der Waals surface area contributed by atoms with Gasteiger partial charge in [-0.2, -0.15) is 11.3 Å². The highest BCUT2D eigenvalue weighted by atomic mass is 32.1. The Balaban J connectivity index is 1.45. The van der Waals surface area contributed by atoms with Gasteiger partial charge in [-0.3, -0.25) is 14.4 Å². The summed E-state index contributed by atoms with van der Waals surface area (Å²) >= 11 is 1.42. The van der Waals surface area contributed by atoms with Crippen molar-refractivity contribution in [3.63, 3.8) is 0 Å². The molecule has 0 radical (unpaired) electrons.